The zero-order chi connectivity index (χ0) is 15.3. The van der Waals surface area contributed by atoms with Gasteiger partial charge in [-0.25, -0.2) is 15.3 Å². The zero-order valence-corrected chi connectivity index (χ0v) is 12.9. The van der Waals surface area contributed by atoms with Crippen molar-refractivity contribution in [2.24, 2.45) is 4.99 Å². The van der Waals surface area contributed by atoms with E-state index in [1.54, 1.807) is 0 Å². The number of nitrogens with one attached hydrogen (secondary N) is 1. The molecule has 2 aliphatic heterocycles. The summed E-state index contributed by atoms with van der Waals surface area (Å²) in [5, 5.41) is 2.25. The highest BCUT2D eigenvalue weighted by atomic mass is 16.7. The lowest BCUT2D eigenvalue weighted by Gasteiger charge is -2.48. The third kappa shape index (κ3) is 2.07. The molecule has 1 atom stereocenters. The van der Waals surface area contributed by atoms with E-state index in [2.05, 4.69) is 22.6 Å². The van der Waals surface area contributed by atoms with Crippen molar-refractivity contribution in [2.75, 3.05) is 6.61 Å². The molecule has 0 bridgehead atoms. The molecule has 1 saturated heterocycles. The molecule has 5 rings (SSSR count). The predicted molar refractivity (Wildman–Crippen MR) is 87.0 cm³/mol. The lowest BCUT2D eigenvalue weighted by Crippen LogP contribution is -2.52. The van der Waals surface area contributed by atoms with Crippen LogP contribution in [-0.4, -0.2) is 28.8 Å². The second-order valence-corrected chi connectivity index (χ2v) is 6.80. The van der Waals surface area contributed by atoms with Gasteiger partial charge in [-0.3, -0.25) is 4.98 Å². The van der Waals surface area contributed by atoms with Gasteiger partial charge >= 0.3 is 0 Å². The smallest absolute Gasteiger partial charge is 0.192 e. The Balaban J connectivity index is 1.54. The second kappa shape index (κ2) is 4.76. The van der Waals surface area contributed by atoms with Crippen LogP contribution in [0.4, 0.5) is 0 Å². The zero-order valence-electron chi connectivity index (χ0n) is 12.9. The van der Waals surface area contributed by atoms with Crippen molar-refractivity contribution in [3.05, 3.63) is 42.2 Å². The van der Waals surface area contributed by atoms with Crippen LogP contribution in [0, 0.1) is 0 Å². The molecule has 1 aromatic carbocycles. The molecule has 5 heteroatoms. The summed E-state index contributed by atoms with van der Waals surface area (Å²) in [5.74, 6) is 0.734. The maximum absolute atomic E-state index is 6.01. The first kappa shape index (κ1) is 13.5. The van der Waals surface area contributed by atoms with E-state index in [4.69, 9.17) is 14.6 Å². The average molecular weight is 309 g/mol. The molecule has 1 unspecified atom stereocenters. The molecule has 1 aliphatic carbocycles. The van der Waals surface area contributed by atoms with E-state index in [9.17, 15) is 0 Å². The van der Waals surface area contributed by atoms with Crippen LogP contribution in [0.15, 0.2) is 41.5 Å². The largest absolute Gasteiger partial charge is 0.375 e. The predicted octanol–water partition coefficient (Wildman–Crippen LogP) is 2.95. The quantitative estimate of drug-likeness (QED) is 0.880. The SMILES string of the molecule is c1ccc2c(C3=NC4(CCOC5(CCC5)C4)ON3)nccc2c1. The molecule has 1 N–H and O–H groups in total. The first-order valence-electron chi connectivity index (χ1n) is 8.30. The molecular weight excluding hydrogens is 290 g/mol. The topological polar surface area (TPSA) is 55.7 Å². The molecule has 3 aliphatic rings. The minimum Gasteiger partial charge on any atom is -0.375 e. The van der Waals surface area contributed by atoms with Gasteiger partial charge in [0, 0.05) is 24.4 Å². The van der Waals surface area contributed by atoms with Gasteiger partial charge in [-0.2, -0.15) is 0 Å². The summed E-state index contributed by atoms with van der Waals surface area (Å²) < 4.78 is 6.01. The van der Waals surface area contributed by atoms with Gasteiger partial charge in [-0.05, 0) is 30.7 Å². The van der Waals surface area contributed by atoms with Crippen molar-refractivity contribution in [1.29, 1.82) is 0 Å². The van der Waals surface area contributed by atoms with Gasteiger partial charge in [-0.15, -0.1) is 0 Å². The Labute approximate surface area is 134 Å². The summed E-state index contributed by atoms with van der Waals surface area (Å²) in [6.45, 7) is 0.710. The van der Waals surface area contributed by atoms with E-state index in [1.807, 2.05) is 24.4 Å². The summed E-state index contributed by atoms with van der Waals surface area (Å²) in [6.07, 6.45) is 6.93. The molecule has 0 radical (unpaired) electrons. The van der Waals surface area contributed by atoms with Crippen LogP contribution < -0.4 is 5.48 Å². The minimum atomic E-state index is -0.493. The van der Waals surface area contributed by atoms with Gasteiger partial charge in [-0.1, -0.05) is 24.3 Å². The monoisotopic (exact) mass is 309 g/mol. The molecule has 3 heterocycles. The summed E-state index contributed by atoms with van der Waals surface area (Å²) in [7, 11) is 0. The number of hydroxylamine groups is 1. The molecule has 1 saturated carbocycles. The molecule has 118 valence electrons. The van der Waals surface area contributed by atoms with Crippen molar-refractivity contribution in [3.8, 4) is 0 Å². The maximum Gasteiger partial charge on any atom is 0.192 e. The van der Waals surface area contributed by atoms with Gasteiger partial charge in [0.05, 0.1) is 12.2 Å². The molecule has 2 fully saturated rings. The van der Waals surface area contributed by atoms with E-state index in [1.165, 1.54) is 6.42 Å². The number of aliphatic imine (C=N–C) groups is 1. The van der Waals surface area contributed by atoms with Crippen LogP contribution >= 0.6 is 0 Å². The number of rotatable bonds is 1. The Hall–Kier alpha value is -1.98. The number of ether oxygens (including phenoxy) is 1. The normalized spacial score (nSPS) is 28.6. The number of amidine groups is 1. The van der Waals surface area contributed by atoms with Crippen LogP contribution in [0.25, 0.3) is 10.8 Å². The van der Waals surface area contributed by atoms with E-state index in [-0.39, 0.29) is 5.60 Å². The first-order chi connectivity index (χ1) is 11.3. The number of aromatic nitrogens is 1. The fourth-order valence-corrected chi connectivity index (χ4v) is 3.95. The van der Waals surface area contributed by atoms with Crippen LogP contribution in [0.1, 0.15) is 37.8 Å². The average Bonchev–Trinajstić information content (AvgIpc) is 2.96. The summed E-state index contributed by atoms with van der Waals surface area (Å²) in [4.78, 5) is 15.4. The maximum atomic E-state index is 6.01. The Kier molecular flexibility index (Phi) is 2.78. The van der Waals surface area contributed by atoms with Gasteiger partial charge in [0.25, 0.3) is 0 Å². The van der Waals surface area contributed by atoms with Crippen LogP contribution in [-0.2, 0) is 9.57 Å². The highest BCUT2D eigenvalue weighted by Gasteiger charge is 2.52. The van der Waals surface area contributed by atoms with E-state index in [0.29, 0.717) is 6.61 Å². The van der Waals surface area contributed by atoms with E-state index < -0.39 is 5.72 Å². The lowest BCUT2D eigenvalue weighted by atomic mass is 9.73. The molecule has 2 aromatic rings. The van der Waals surface area contributed by atoms with Crippen LogP contribution in [0.5, 0.6) is 0 Å². The summed E-state index contributed by atoms with van der Waals surface area (Å²) in [6, 6.07) is 10.2. The van der Waals surface area contributed by atoms with Gasteiger partial charge < -0.3 is 4.74 Å². The highest BCUT2D eigenvalue weighted by Crippen LogP contribution is 2.48. The van der Waals surface area contributed by atoms with Crippen molar-refractivity contribution >= 4 is 16.6 Å². The van der Waals surface area contributed by atoms with Gasteiger partial charge in [0.15, 0.2) is 11.6 Å². The van der Waals surface area contributed by atoms with Gasteiger partial charge in [0.2, 0.25) is 0 Å². The number of pyridine rings is 1. The molecule has 5 nitrogen and oxygen atoms in total. The molecular formula is C18H19N3O2. The molecule has 23 heavy (non-hydrogen) atoms. The van der Waals surface area contributed by atoms with Crippen molar-refractivity contribution in [3.63, 3.8) is 0 Å². The molecule has 1 aromatic heterocycles. The van der Waals surface area contributed by atoms with Crippen molar-refractivity contribution in [1.82, 2.24) is 10.5 Å². The number of benzene rings is 1. The fourth-order valence-electron chi connectivity index (χ4n) is 3.95. The number of hydrogen-bond donors (Lipinski definition) is 1. The summed E-state index contributed by atoms with van der Waals surface area (Å²) >= 11 is 0. The number of fused-ring (bicyclic) bond motifs is 1. The molecule has 2 spiro atoms. The number of hydrogen-bond acceptors (Lipinski definition) is 5. The van der Waals surface area contributed by atoms with Crippen LogP contribution in [0.2, 0.25) is 0 Å². The van der Waals surface area contributed by atoms with Crippen LogP contribution in [0.3, 0.4) is 0 Å². The first-order valence-corrected chi connectivity index (χ1v) is 8.30. The Morgan fingerprint density at radius 2 is 2.00 bits per heavy atom. The van der Waals surface area contributed by atoms with Gasteiger partial charge in [0.1, 0.15) is 5.69 Å². The minimum absolute atomic E-state index is 0.00886. The Bertz CT molecular complexity index is 794. The van der Waals surface area contributed by atoms with Crippen molar-refractivity contribution < 1.29 is 9.57 Å². The Morgan fingerprint density at radius 3 is 2.87 bits per heavy atom. The Morgan fingerprint density at radius 1 is 1.09 bits per heavy atom. The van der Waals surface area contributed by atoms with E-state index >= 15 is 0 Å². The molecule has 0 amide bonds. The second-order valence-electron chi connectivity index (χ2n) is 6.80. The standard InChI is InChI=1S/C18H19N3O2/c1-2-5-14-13(4-1)6-10-19-15(14)16-20-18(23-21-16)9-11-22-17(12-18)7-3-8-17/h1-2,4-6,10H,3,7-9,11-12H2,(H,20,21). The third-order valence-electron chi connectivity index (χ3n) is 5.32. The number of nitrogens with zero attached hydrogens (tertiary/aromatic N) is 2. The lowest BCUT2D eigenvalue weighted by molar-refractivity contribution is -0.209. The fraction of sp³-hybridized carbons (Fsp3) is 0.444. The van der Waals surface area contributed by atoms with Crippen molar-refractivity contribution in [2.45, 2.75) is 43.4 Å². The third-order valence-corrected chi connectivity index (χ3v) is 5.32. The summed E-state index contributed by atoms with van der Waals surface area (Å²) in [5.41, 5.74) is 3.40. The highest BCUT2D eigenvalue weighted by molar-refractivity contribution is 6.08. The van der Waals surface area contributed by atoms with E-state index in [0.717, 1.165) is 48.0 Å².